The van der Waals surface area contributed by atoms with Crippen LogP contribution < -0.4 is 5.32 Å². The maximum atomic E-state index is 10.9. The van der Waals surface area contributed by atoms with Crippen LogP contribution in [0, 0.1) is 17.0 Å². The molecule has 0 aliphatic rings. The van der Waals surface area contributed by atoms with Crippen molar-refractivity contribution in [3.05, 3.63) is 45.6 Å². The molecular formula is C11H10N4O5. The van der Waals surface area contributed by atoms with E-state index in [1.165, 1.54) is 12.1 Å². The minimum Gasteiger partial charge on any atom is -0.478 e. The normalized spacial score (nSPS) is 10.2. The predicted octanol–water partition coefficient (Wildman–Crippen LogP) is 1.60. The Balaban J connectivity index is 2.22. The van der Waals surface area contributed by atoms with Crippen LogP contribution in [-0.4, -0.2) is 26.1 Å². The van der Waals surface area contributed by atoms with Crippen molar-refractivity contribution in [2.24, 2.45) is 0 Å². The fraction of sp³-hybridized carbons (Fsp3) is 0.182. The Morgan fingerprint density at radius 2 is 2.30 bits per heavy atom. The third-order valence-electron chi connectivity index (χ3n) is 2.45. The molecule has 0 bridgehead atoms. The minimum atomic E-state index is -1.23. The molecule has 104 valence electrons. The number of nitrogens with zero attached hydrogens (tertiary/aromatic N) is 3. The molecule has 0 saturated carbocycles. The molecule has 9 nitrogen and oxygen atoms in total. The van der Waals surface area contributed by atoms with Crippen LogP contribution in [0.1, 0.15) is 22.1 Å². The molecule has 0 saturated heterocycles. The third-order valence-corrected chi connectivity index (χ3v) is 2.45. The molecule has 0 unspecified atom stereocenters. The average Bonchev–Trinajstić information content (AvgIpc) is 2.81. The van der Waals surface area contributed by atoms with Gasteiger partial charge in [-0.05, 0) is 12.1 Å². The van der Waals surface area contributed by atoms with Crippen LogP contribution >= 0.6 is 0 Å². The lowest BCUT2D eigenvalue weighted by Gasteiger charge is -2.05. The van der Waals surface area contributed by atoms with Gasteiger partial charge in [0.15, 0.2) is 5.82 Å². The van der Waals surface area contributed by atoms with Crippen LogP contribution in [0.5, 0.6) is 0 Å². The van der Waals surface area contributed by atoms with Crippen molar-refractivity contribution in [3.63, 3.8) is 0 Å². The molecule has 0 aliphatic heterocycles. The summed E-state index contributed by atoms with van der Waals surface area (Å²) in [5.74, 6) is -0.495. The lowest BCUT2D eigenvalue weighted by Crippen LogP contribution is -2.05. The fourth-order valence-electron chi connectivity index (χ4n) is 1.55. The molecule has 9 heteroatoms. The highest BCUT2D eigenvalue weighted by Crippen LogP contribution is 2.25. The topological polar surface area (TPSA) is 131 Å². The summed E-state index contributed by atoms with van der Waals surface area (Å²) < 4.78 is 4.77. The maximum Gasteiger partial charge on any atom is 0.335 e. The number of aromatic nitrogens is 2. The number of aromatic carboxylic acids is 1. The molecular weight excluding hydrogens is 268 g/mol. The lowest BCUT2D eigenvalue weighted by atomic mass is 10.1. The van der Waals surface area contributed by atoms with E-state index in [4.69, 9.17) is 9.63 Å². The number of hydrogen-bond acceptors (Lipinski definition) is 7. The van der Waals surface area contributed by atoms with E-state index in [0.29, 0.717) is 11.7 Å². The summed E-state index contributed by atoms with van der Waals surface area (Å²) in [5, 5.41) is 26.2. The average molecular weight is 278 g/mol. The number of nitrogens with one attached hydrogen (secondary N) is 1. The van der Waals surface area contributed by atoms with Crippen molar-refractivity contribution in [2.45, 2.75) is 13.5 Å². The van der Waals surface area contributed by atoms with Crippen LogP contribution in [0.2, 0.25) is 0 Å². The lowest BCUT2D eigenvalue weighted by molar-refractivity contribution is -0.384. The highest BCUT2D eigenvalue weighted by molar-refractivity contribution is 5.89. The van der Waals surface area contributed by atoms with Gasteiger partial charge < -0.3 is 14.9 Å². The zero-order chi connectivity index (χ0) is 14.7. The number of nitro groups is 1. The molecule has 20 heavy (non-hydrogen) atoms. The zero-order valence-corrected chi connectivity index (χ0v) is 10.4. The summed E-state index contributed by atoms with van der Waals surface area (Å²) in [6.45, 7) is 1.76. The molecule has 1 heterocycles. The highest BCUT2D eigenvalue weighted by Gasteiger charge is 2.17. The van der Waals surface area contributed by atoms with Gasteiger partial charge in [0.05, 0.1) is 17.0 Å². The van der Waals surface area contributed by atoms with E-state index >= 15 is 0 Å². The van der Waals surface area contributed by atoms with Gasteiger partial charge in [-0.25, -0.2) is 4.79 Å². The first-order chi connectivity index (χ1) is 9.47. The van der Waals surface area contributed by atoms with Crippen molar-refractivity contribution >= 4 is 17.3 Å². The van der Waals surface area contributed by atoms with Crippen LogP contribution in [0.15, 0.2) is 22.7 Å². The summed E-state index contributed by atoms with van der Waals surface area (Å²) >= 11 is 0. The first kappa shape index (κ1) is 13.5. The van der Waals surface area contributed by atoms with E-state index in [1.54, 1.807) is 6.92 Å². The molecule has 0 radical (unpaired) electrons. The standard InChI is InChI=1S/C11H10N4O5/c1-6-13-10(14-20-6)5-12-8-3-2-7(11(16)17)4-9(8)15(18)19/h2-4,12H,5H2,1H3,(H,16,17). The second-order valence-corrected chi connectivity index (χ2v) is 3.88. The van der Waals surface area contributed by atoms with Gasteiger partial charge in [0.25, 0.3) is 5.69 Å². The van der Waals surface area contributed by atoms with Gasteiger partial charge in [-0.2, -0.15) is 4.98 Å². The van der Waals surface area contributed by atoms with Crippen LogP contribution in [0.25, 0.3) is 0 Å². The molecule has 0 amide bonds. The number of carboxylic acid groups (broad SMARTS) is 1. The Morgan fingerprint density at radius 1 is 1.55 bits per heavy atom. The van der Waals surface area contributed by atoms with Gasteiger partial charge >= 0.3 is 5.97 Å². The van der Waals surface area contributed by atoms with Gasteiger partial charge in [-0.1, -0.05) is 5.16 Å². The molecule has 0 spiro atoms. The molecule has 0 aliphatic carbocycles. The number of carbonyl (C=O) groups is 1. The number of carboxylic acids is 1. The molecule has 1 aromatic carbocycles. The van der Waals surface area contributed by atoms with Gasteiger partial charge in [0, 0.05) is 13.0 Å². The molecule has 1 aromatic heterocycles. The van der Waals surface area contributed by atoms with E-state index in [0.717, 1.165) is 6.07 Å². The Labute approximate surface area is 112 Å². The van der Waals surface area contributed by atoms with Gasteiger partial charge in [-0.15, -0.1) is 0 Å². The Hall–Kier alpha value is -2.97. The second-order valence-electron chi connectivity index (χ2n) is 3.88. The quantitative estimate of drug-likeness (QED) is 0.622. The van der Waals surface area contributed by atoms with Crippen LogP contribution in [0.4, 0.5) is 11.4 Å². The van der Waals surface area contributed by atoms with Crippen molar-refractivity contribution in [3.8, 4) is 0 Å². The number of benzene rings is 1. The summed E-state index contributed by atoms with van der Waals surface area (Å²) in [6, 6.07) is 3.60. The molecule has 2 aromatic rings. The smallest absolute Gasteiger partial charge is 0.335 e. The van der Waals surface area contributed by atoms with Crippen molar-refractivity contribution in [2.75, 3.05) is 5.32 Å². The summed E-state index contributed by atoms with van der Waals surface area (Å²) in [4.78, 5) is 25.0. The molecule has 2 rings (SSSR count). The van der Waals surface area contributed by atoms with Gasteiger partial charge in [-0.3, -0.25) is 10.1 Å². The monoisotopic (exact) mass is 278 g/mol. The zero-order valence-electron chi connectivity index (χ0n) is 10.4. The van der Waals surface area contributed by atoms with E-state index in [-0.39, 0.29) is 23.5 Å². The number of rotatable bonds is 5. The first-order valence-electron chi connectivity index (χ1n) is 5.52. The largest absolute Gasteiger partial charge is 0.478 e. The highest BCUT2D eigenvalue weighted by atomic mass is 16.6. The minimum absolute atomic E-state index is 0.130. The Morgan fingerprint density at radius 3 is 2.85 bits per heavy atom. The van der Waals surface area contributed by atoms with Crippen LogP contribution in [0.3, 0.4) is 0 Å². The van der Waals surface area contributed by atoms with E-state index in [1.807, 2.05) is 0 Å². The third kappa shape index (κ3) is 2.88. The summed E-state index contributed by atoms with van der Waals surface area (Å²) in [7, 11) is 0. The molecule has 0 fully saturated rings. The summed E-state index contributed by atoms with van der Waals surface area (Å²) in [5.41, 5.74) is -0.301. The van der Waals surface area contributed by atoms with Crippen molar-refractivity contribution < 1.29 is 19.3 Å². The van der Waals surface area contributed by atoms with E-state index in [2.05, 4.69) is 15.5 Å². The predicted molar refractivity (Wildman–Crippen MR) is 66.4 cm³/mol. The fourth-order valence-corrected chi connectivity index (χ4v) is 1.55. The number of hydrogen-bond donors (Lipinski definition) is 2. The molecule has 0 atom stereocenters. The SMILES string of the molecule is Cc1nc(CNc2ccc(C(=O)O)cc2[N+](=O)[O-])no1. The maximum absolute atomic E-state index is 10.9. The second kappa shape index (κ2) is 5.34. The van der Waals surface area contributed by atoms with E-state index in [9.17, 15) is 14.9 Å². The van der Waals surface area contributed by atoms with Crippen molar-refractivity contribution in [1.82, 2.24) is 10.1 Å². The van der Waals surface area contributed by atoms with Crippen molar-refractivity contribution in [1.29, 1.82) is 0 Å². The molecule has 2 N–H and O–H groups in total. The number of anilines is 1. The van der Waals surface area contributed by atoms with Gasteiger partial charge in [0.1, 0.15) is 5.69 Å². The Kier molecular flexibility index (Phi) is 3.60. The first-order valence-corrected chi connectivity index (χ1v) is 5.52. The summed E-state index contributed by atoms with van der Waals surface area (Å²) in [6.07, 6.45) is 0. The van der Waals surface area contributed by atoms with E-state index < -0.39 is 10.9 Å². The number of nitro benzene ring substituents is 1. The Bertz CT molecular complexity index is 667. The van der Waals surface area contributed by atoms with Crippen LogP contribution in [-0.2, 0) is 6.54 Å². The van der Waals surface area contributed by atoms with Gasteiger partial charge in [0.2, 0.25) is 5.89 Å². The number of aryl methyl sites for hydroxylation is 1.